The Morgan fingerprint density at radius 3 is 2.73 bits per heavy atom. The number of hydrogen-bond donors (Lipinski definition) is 3. The lowest BCUT2D eigenvalue weighted by atomic mass is 9.74. The van der Waals surface area contributed by atoms with Crippen molar-refractivity contribution < 1.29 is 13.2 Å². The number of amides is 1. The Labute approximate surface area is 131 Å². The molecule has 1 aliphatic rings. The summed E-state index contributed by atoms with van der Waals surface area (Å²) >= 11 is 0. The Kier molecular flexibility index (Phi) is 4.89. The molecule has 4 N–H and O–H groups in total. The van der Waals surface area contributed by atoms with Gasteiger partial charge in [0, 0.05) is 11.2 Å². The summed E-state index contributed by atoms with van der Waals surface area (Å²) in [6, 6.07) is 6.20. The van der Waals surface area contributed by atoms with Crippen molar-refractivity contribution in [2.45, 2.75) is 43.0 Å². The maximum Gasteiger partial charge on any atom is 0.240 e. The van der Waals surface area contributed by atoms with E-state index in [1.54, 1.807) is 12.1 Å². The van der Waals surface area contributed by atoms with Gasteiger partial charge in [-0.15, -0.1) is 0 Å². The summed E-state index contributed by atoms with van der Waals surface area (Å²) in [5, 5.41) is 2.79. The molecule has 1 saturated carbocycles. The molecule has 7 heteroatoms. The molecular weight excluding hydrogens is 302 g/mol. The van der Waals surface area contributed by atoms with Gasteiger partial charge in [-0.25, -0.2) is 13.1 Å². The highest BCUT2D eigenvalue weighted by atomic mass is 32.2. The van der Waals surface area contributed by atoms with Crippen LogP contribution < -0.4 is 15.8 Å². The number of nitrogens with one attached hydrogen (secondary N) is 2. The van der Waals surface area contributed by atoms with E-state index >= 15 is 0 Å². The molecule has 0 heterocycles. The molecule has 0 spiro atoms. The molecule has 0 bridgehead atoms. The second-order valence-electron chi connectivity index (χ2n) is 6.03. The van der Waals surface area contributed by atoms with Crippen LogP contribution in [0.3, 0.4) is 0 Å². The lowest BCUT2D eigenvalue weighted by molar-refractivity contribution is -0.122. The minimum atomic E-state index is -3.53. The Bertz CT molecular complexity index is 656. The molecule has 0 aromatic heterocycles. The number of anilines is 1. The maximum atomic E-state index is 12.5. The SMILES string of the molecule is CNS(=O)(=O)c1cccc(NC(=O)C2CCCCC2(C)N)c1. The monoisotopic (exact) mass is 325 g/mol. The van der Waals surface area contributed by atoms with Crippen LogP contribution in [0.5, 0.6) is 0 Å². The third-order valence-electron chi connectivity index (χ3n) is 4.25. The number of rotatable bonds is 4. The van der Waals surface area contributed by atoms with Crippen molar-refractivity contribution in [1.29, 1.82) is 0 Å². The predicted molar refractivity (Wildman–Crippen MR) is 85.9 cm³/mol. The lowest BCUT2D eigenvalue weighted by Crippen LogP contribution is -2.51. The second kappa shape index (κ2) is 6.36. The molecule has 1 fully saturated rings. The van der Waals surface area contributed by atoms with Gasteiger partial charge in [0.05, 0.1) is 10.8 Å². The number of sulfonamides is 1. The Morgan fingerprint density at radius 1 is 1.36 bits per heavy atom. The number of benzene rings is 1. The third-order valence-corrected chi connectivity index (χ3v) is 5.66. The molecule has 22 heavy (non-hydrogen) atoms. The van der Waals surface area contributed by atoms with E-state index in [1.165, 1.54) is 19.2 Å². The average molecular weight is 325 g/mol. The van der Waals surface area contributed by atoms with Crippen LogP contribution in [0, 0.1) is 5.92 Å². The molecule has 6 nitrogen and oxygen atoms in total. The first-order valence-electron chi connectivity index (χ1n) is 7.39. The molecule has 0 aliphatic heterocycles. The van der Waals surface area contributed by atoms with Gasteiger partial charge in [0.15, 0.2) is 0 Å². The number of carbonyl (C=O) groups is 1. The lowest BCUT2D eigenvalue weighted by Gasteiger charge is -2.37. The highest BCUT2D eigenvalue weighted by molar-refractivity contribution is 7.89. The van der Waals surface area contributed by atoms with Gasteiger partial charge in [-0.05, 0) is 45.0 Å². The first-order valence-corrected chi connectivity index (χ1v) is 8.88. The highest BCUT2D eigenvalue weighted by Gasteiger charge is 2.37. The Morgan fingerprint density at radius 2 is 2.09 bits per heavy atom. The van der Waals surface area contributed by atoms with Crippen LogP contribution in [0.15, 0.2) is 29.2 Å². The van der Waals surface area contributed by atoms with Crippen molar-refractivity contribution in [3.8, 4) is 0 Å². The van der Waals surface area contributed by atoms with Gasteiger partial charge in [-0.2, -0.15) is 0 Å². The van der Waals surface area contributed by atoms with E-state index in [1.807, 2.05) is 6.92 Å². The highest BCUT2D eigenvalue weighted by Crippen LogP contribution is 2.32. The molecule has 1 aliphatic carbocycles. The Balaban J connectivity index is 2.17. The zero-order valence-electron chi connectivity index (χ0n) is 12.9. The first-order chi connectivity index (χ1) is 10.3. The standard InChI is InChI=1S/C15H23N3O3S/c1-15(16)9-4-3-8-13(15)14(19)18-11-6-5-7-12(10-11)22(20,21)17-2/h5-7,10,13,17H,3-4,8-9,16H2,1-2H3,(H,18,19). The van der Waals surface area contributed by atoms with Gasteiger partial charge >= 0.3 is 0 Å². The molecule has 2 atom stereocenters. The molecule has 0 saturated heterocycles. The summed E-state index contributed by atoms with van der Waals surface area (Å²) in [7, 11) is -2.18. The quantitative estimate of drug-likeness (QED) is 0.779. The van der Waals surface area contributed by atoms with Gasteiger partial charge in [0.2, 0.25) is 15.9 Å². The number of nitrogens with two attached hydrogens (primary N) is 1. The minimum Gasteiger partial charge on any atom is -0.326 e. The zero-order chi connectivity index (χ0) is 16.4. The van der Waals surface area contributed by atoms with Crippen LogP contribution in [0.4, 0.5) is 5.69 Å². The predicted octanol–water partition coefficient (Wildman–Crippen LogP) is 1.44. The van der Waals surface area contributed by atoms with E-state index in [0.717, 1.165) is 25.7 Å². The molecule has 0 radical (unpaired) electrons. The van der Waals surface area contributed by atoms with E-state index in [2.05, 4.69) is 10.0 Å². The van der Waals surface area contributed by atoms with Crippen LogP contribution in [0.1, 0.15) is 32.6 Å². The smallest absolute Gasteiger partial charge is 0.240 e. The fourth-order valence-electron chi connectivity index (χ4n) is 2.88. The largest absolute Gasteiger partial charge is 0.326 e. The van der Waals surface area contributed by atoms with Gasteiger partial charge in [-0.1, -0.05) is 18.9 Å². The van der Waals surface area contributed by atoms with Gasteiger partial charge in [-0.3, -0.25) is 4.79 Å². The summed E-state index contributed by atoms with van der Waals surface area (Å²) in [4.78, 5) is 12.6. The maximum absolute atomic E-state index is 12.5. The summed E-state index contributed by atoms with van der Waals surface area (Å²) in [6.45, 7) is 1.90. The Hall–Kier alpha value is -1.44. The van der Waals surface area contributed by atoms with E-state index in [-0.39, 0.29) is 16.7 Å². The van der Waals surface area contributed by atoms with Crippen LogP contribution in [-0.4, -0.2) is 26.9 Å². The summed E-state index contributed by atoms with van der Waals surface area (Å²) in [5.74, 6) is -0.408. The van der Waals surface area contributed by atoms with Crippen LogP contribution in [-0.2, 0) is 14.8 Å². The van der Waals surface area contributed by atoms with E-state index < -0.39 is 15.6 Å². The van der Waals surface area contributed by atoms with Crippen LogP contribution in [0.2, 0.25) is 0 Å². The van der Waals surface area contributed by atoms with Gasteiger partial charge in [0.1, 0.15) is 0 Å². The second-order valence-corrected chi connectivity index (χ2v) is 7.92. The van der Waals surface area contributed by atoms with Crippen molar-refractivity contribution >= 4 is 21.6 Å². The molecule has 1 aromatic rings. The molecule has 122 valence electrons. The fourth-order valence-corrected chi connectivity index (χ4v) is 3.65. The summed E-state index contributed by atoms with van der Waals surface area (Å²) in [5.41, 5.74) is 6.17. The van der Waals surface area contributed by atoms with Crippen molar-refractivity contribution in [2.75, 3.05) is 12.4 Å². The molecule has 2 unspecified atom stereocenters. The van der Waals surface area contributed by atoms with Crippen LogP contribution in [0.25, 0.3) is 0 Å². The van der Waals surface area contributed by atoms with Crippen molar-refractivity contribution in [3.63, 3.8) is 0 Å². The first kappa shape index (κ1) is 16.9. The van der Waals surface area contributed by atoms with Crippen molar-refractivity contribution in [1.82, 2.24) is 4.72 Å². The minimum absolute atomic E-state index is 0.118. The van der Waals surface area contributed by atoms with Gasteiger partial charge < -0.3 is 11.1 Å². The number of hydrogen-bond acceptors (Lipinski definition) is 4. The third kappa shape index (κ3) is 3.66. The molecule has 1 amide bonds. The number of carbonyl (C=O) groups excluding carboxylic acids is 1. The molecule has 1 aromatic carbocycles. The van der Waals surface area contributed by atoms with Gasteiger partial charge in [0.25, 0.3) is 0 Å². The molecule has 2 rings (SSSR count). The fraction of sp³-hybridized carbons (Fsp3) is 0.533. The van der Waals surface area contributed by atoms with Crippen molar-refractivity contribution in [2.24, 2.45) is 11.7 Å². The summed E-state index contributed by atoms with van der Waals surface area (Å²) in [6.07, 6.45) is 3.60. The average Bonchev–Trinajstić information content (AvgIpc) is 2.47. The van der Waals surface area contributed by atoms with Crippen molar-refractivity contribution in [3.05, 3.63) is 24.3 Å². The van der Waals surface area contributed by atoms with E-state index in [0.29, 0.717) is 5.69 Å². The topological polar surface area (TPSA) is 101 Å². The normalized spacial score (nSPS) is 25.7. The van der Waals surface area contributed by atoms with E-state index in [9.17, 15) is 13.2 Å². The molecular formula is C15H23N3O3S. The van der Waals surface area contributed by atoms with E-state index in [4.69, 9.17) is 5.73 Å². The zero-order valence-corrected chi connectivity index (χ0v) is 13.7. The summed E-state index contributed by atoms with van der Waals surface area (Å²) < 4.78 is 25.9. The van der Waals surface area contributed by atoms with Crippen LogP contribution >= 0.6 is 0 Å².